The van der Waals surface area contributed by atoms with Gasteiger partial charge in [-0.3, -0.25) is 4.79 Å². The van der Waals surface area contributed by atoms with E-state index < -0.39 is 0 Å². The van der Waals surface area contributed by atoms with Gasteiger partial charge in [-0.05, 0) is 56.9 Å². The van der Waals surface area contributed by atoms with Gasteiger partial charge in [0.2, 0.25) is 5.91 Å². The minimum absolute atomic E-state index is 0.201. The van der Waals surface area contributed by atoms with Crippen LogP contribution in [0.25, 0.3) is 0 Å². The van der Waals surface area contributed by atoms with Crippen LogP contribution in [0, 0.1) is 23.2 Å². The highest BCUT2D eigenvalue weighted by atomic mass is 16.5. The molecule has 1 atom stereocenters. The summed E-state index contributed by atoms with van der Waals surface area (Å²) in [5.74, 6) is 2.06. The van der Waals surface area contributed by atoms with Crippen LogP contribution in [0.1, 0.15) is 38.5 Å². The van der Waals surface area contributed by atoms with Crippen molar-refractivity contribution in [2.75, 3.05) is 59.7 Å². The Balaban J connectivity index is 1.30. The van der Waals surface area contributed by atoms with Crippen LogP contribution in [0.3, 0.4) is 0 Å². The second kappa shape index (κ2) is 7.53. The number of hydrogen-bond acceptors (Lipinski definition) is 4. The van der Waals surface area contributed by atoms with Crippen molar-refractivity contribution in [3.8, 4) is 0 Å². The number of hydrogen-bond donors (Lipinski definition) is 0. The minimum atomic E-state index is 0.201. The van der Waals surface area contributed by atoms with Crippen LogP contribution in [0.4, 0.5) is 0 Å². The first-order valence-corrected chi connectivity index (χ1v) is 10.3. The summed E-state index contributed by atoms with van der Waals surface area (Å²) in [5, 5.41) is 0. The molecule has 25 heavy (non-hydrogen) atoms. The molecule has 5 heteroatoms. The van der Waals surface area contributed by atoms with Crippen LogP contribution >= 0.6 is 0 Å². The summed E-state index contributed by atoms with van der Waals surface area (Å²) in [7, 11) is 2.24. The standard InChI is InChI=1S/C20H34N2O3/c1-21-12-18(14-25-13-16-2-3-16)20(15-21)6-8-22(9-7-20)19(23)17-4-10-24-11-5-17/h16-18H,2-15H2,1H3/t18-/m1/s1. The fourth-order valence-corrected chi connectivity index (χ4v) is 5.13. The van der Waals surface area contributed by atoms with E-state index in [-0.39, 0.29) is 5.92 Å². The molecule has 0 radical (unpaired) electrons. The number of carbonyl (C=O) groups excluding carboxylic acids is 1. The smallest absolute Gasteiger partial charge is 0.225 e. The second-order valence-electron chi connectivity index (χ2n) is 8.95. The predicted octanol–water partition coefficient (Wildman–Crippen LogP) is 2.01. The van der Waals surface area contributed by atoms with Gasteiger partial charge < -0.3 is 19.3 Å². The number of carbonyl (C=O) groups is 1. The Morgan fingerprint density at radius 2 is 1.84 bits per heavy atom. The molecule has 0 aromatic heterocycles. The Bertz CT molecular complexity index is 466. The van der Waals surface area contributed by atoms with E-state index in [9.17, 15) is 4.79 Å². The van der Waals surface area contributed by atoms with E-state index in [0.717, 1.165) is 77.7 Å². The van der Waals surface area contributed by atoms with Crippen molar-refractivity contribution >= 4 is 5.91 Å². The Morgan fingerprint density at radius 1 is 1.12 bits per heavy atom. The summed E-state index contributed by atoms with van der Waals surface area (Å²) in [5.41, 5.74) is 0.366. The van der Waals surface area contributed by atoms with Crippen molar-refractivity contribution in [1.29, 1.82) is 0 Å². The molecule has 3 heterocycles. The fourth-order valence-electron chi connectivity index (χ4n) is 5.13. The topological polar surface area (TPSA) is 42.0 Å². The SMILES string of the molecule is CN1C[C@H](COCC2CC2)C2(CCN(C(=O)C3CCOCC3)CC2)C1. The molecule has 1 amide bonds. The van der Waals surface area contributed by atoms with Crippen molar-refractivity contribution in [2.45, 2.75) is 38.5 Å². The van der Waals surface area contributed by atoms with Crippen LogP contribution < -0.4 is 0 Å². The van der Waals surface area contributed by atoms with E-state index >= 15 is 0 Å². The van der Waals surface area contributed by atoms with Gasteiger partial charge in [-0.2, -0.15) is 0 Å². The van der Waals surface area contributed by atoms with Gasteiger partial charge in [-0.1, -0.05) is 0 Å². The molecule has 0 N–H and O–H groups in total. The molecule has 1 saturated carbocycles. The van der Waals surface area contributed by atoms with Crippen LogP contribution in [0.5, 0.6) is 0 Å². The van der Waals surface area contributed by atoms with E-state index in [4.69, 9.17) is 9.47 Å². The van der Waals surface area contributed by atoms with Gasteiger partial charge in [0.15, 0.2) is 0 Å². The van der Waals surface area contributed by atoms with E-state index in [1.807, 2.05) is 0 Å². The first-order chi connectivity index (χ1) is 12.2. The average molecular weight is 351 g/mol. The number of rotatable bonds is 5. The zero-order chi connectivity index (χ0) is 17.3. The molecule has 0 aromatic carbocycles. The van der Waals surface area contributed by atoms with E-state index in [1.165, 1.54) is 19.4 Å². The highest BCUT2D eigenvalue weighted by molar-refractivity contribution is 5.79. The van der Waals surface area contributed by atoms with Crippen molar-refractivity contribution in [3.63, 3.8) is 0 Å². The van der Waals surface area contributed by atoms with Crippen molar-refractivity contribution < 1.29 is 14.3 Å². The molecule has 142 valence electrons. The molecule has 3 saturated heterocycles. The van der Waals surface area contributed by atoms with Gasteiger partial charge in [0.05, 0.1) is 6.61 Å². The van der Waals surface area contributed by atoms with E-state index in [0.29, 0.717) is 17.2 Å². The second-order valence-corrected chi connectivity index (χ2v) is 8.95. The molecule has 1 spiro atoms. The van der Waals surface area contributed by atoms with Crippen molar-refractivity contribution in [2.24, 2.45) is 23.2 Å². The molecule has 0 bridgehead atoms. The highest BCUT2D eigenvalue weighted by Gasteiger charge is 2.48. The maximum absolute atomic E-state index is 12.8. The number of likely N-dealkylation sites (tertiary alicyclic amines) is 2. The maximum atomic E-state index is 12.8. The number of ether oxygens (including phenoxy) is 2. The largest absolute Gasteiger partial charge is 0.381 e. The molecule has 5 nitrogen and oxygen atoms in total. The monoisotopic (exact) mass is 350 g/mol. The zero-order valence-electron chi connectivity index (χ0n) is 15.8. The van der Waals surface area contributed by atoms with E-state index in [2.05, 4.69) is 16.8 Å². The summed E-state index contributed by atoms with van der Waals surface area (Å²) in [6.07, 6.45) is 6.81. The third kappa shape index (κ3) is 4.04. The lowest BCUT2D eigenvalue weighted by atomic mass is 9.71. The average Bonchev–Trinajstić information content (AvgIpc) is 3.41. The molecule has 4 fully saturated rings. The third-order valence-electron chi connectivity index (χ3n) is 6.99. The van der Waals surface area contributed by atoms with Crippen molar-refractivity contribution in [3.05, 3.63) is 0 Å². The lowest BCUT2D eigenvalue weighted by molar-refractivity contribution is -0.141. The molecule has 4 aliphatic rings. The number of amides is 1. The number of nitrogens with zero attached hydrogens (tertiary/aromatic N) is 2. The Labute approximate surface area is 152 Å². The lowest BCUT2D eigenvalue weighted by Gasteiger charge is -2.43. The maximum Gasteiger partial charge on any atom is 0.225 e. The quantitative estimate of drug-likeness (QED) is 0.761. The van der Waals surface area contributed by atoms with Gasteiger partial charge in [-0.15, -0.1) is 0 Å². The summed E-state index contributed by atoms with van der Waals surface area (Å²) in [6, 6.07) is 0. The van der Waals surface area contributed by atoms with Crippen LogP contribution in [0.2, 0.25) is 0 Å². The first kappa shape index (κ1) is 17.7. The van der Waals surface area contributed by atoms with Gasteiger partial charge in [0.1, 0.15) is 0 Å². The van der Waals surface area contributed by atoms with Gasteiger partial charge in [0.25, 0.3) is 0 Å². The summed E-state index contributed by atoms with van der Waals surface area (Å²) < 4.78 is 11.5. The number of piperidine rings is 1. The summed E-state index contributed by atoms with van der Waals surface area (Å²) in [6.45, 7) is 7.56. The normalized spacial score (nSPS) is 30.9. The van der Waals surface area contributed by atoms with E-state index in [1.54, 1.807) is 0 Å². The molecule has 4 rings (SSSR count). The van der Waals surface area contributed by atoms with Gasteiger partial charge >= 0.3 is 0 Å². The molecular weight excluding hydrogens is 316 g/mol. The van der Waals surface area contributed by atoms with Crippen molar-refractivity contribution in [1.82, 2.24) is 9.80 Å². The lowest BCUT2D eigenvalue weighted by Crippen LogP contribution is -2.49. The molecular formula is C20H34N2O3. The Hall–Kier alpha value is -0.650. The molecule has 0 aromatic rings. The summed E-state index contributed by atoms with van der Waals surface area (Å²) >= 11 is 0. The third-order valence-corrected chi connectivity index (χ3v) is 6.99. The Kier molecular flexibility index (Phi) is 5.35. The molecule has 3 aliphatic heterocycles. The first-order valence-electron chi connectivity index (χ1n) is 10.3. The predicted molar refractivity (Wildman–Crippen MR) is 96.3 cm³/mol. The van der Waals surface area contributed by atoms with Gasteiger partial charge in [0, 0.05) is 57.8 Å². The van der Waals surface area contributed by atoms with Crippen LogP contribution in [-0.4, -0.2) is 75.4 Å². The van der Waals surface area contributed by atoms with Crippen LogP contribution in [-0.2, 0) is 14.3 Å². The van der Waals surface area contributed by atoms with Crippen LogP contribution in [0.15, 0.2) is 0 Å². The van der Waals surface area contributed by atoms with Gasteiger partial charge in [-0.25, -0.2) is 0 Å². The molecule has 0 unspecified atom stereocenters. The fraction of sp³-hybridized carbons (Fsp3) is 0.950. The zero-order valence-corrected chi connectivity index (χ0v) is 15.8. The molecule has 1 aliphatic carbocycles. The summed E-state index contributed by atoms with van der Waals surface area (Å²) in [4.78, 5) is 17.4. The Morgan fingerprint density at radius 3 is 2.52 bits per heavy atom. The minimum Gasteiger partial charge on any atom is -0.381 e. The highest BCUT2D eigenvalue weighted by Crippen LogP contribution is 2.45.